The van der Waals surface area contributed by atoms with Gasteiger partial charge in [0.05, 0.1) is 25.6 Å². The van der Waals surface area contributed by atoms with E-state index in [1.165, 1.54) is 13.2 Å². The Balaban J connectivity index is 1.26. The number of benzene rings is 2. The Bertz CT molecular complexity index is 1570. The van der Waals surface area contributed by atoms with Crippen molar-refractivity contribution in [2.24, 2.45) is 29.6 Å². The molecule has 1 unspecified atom stereocenters. The van der Waals surface area contributed by atoms with Gasteiger partial charge in [0.2, 0.25) is 0 Å². The molecule has 5 aliphatic rings. The molecular weight excluding hydrogens is 588 g/mol. The van der Waals surface area contributed by atoms with E-state index in [2.05, 4.69) is 26.8 Å². The van der Waals surface area contributed by atoms with Crippen LogP contribution in [0.25, 0.3) is 0 Å². The molecule has 2 aromatic rings. The van der Waals surface area contributed by atoms with Crippen LogP contribution in [0.5, 0.6) is 11.5 Å². The van der Waals surface area contributed by atoms with Gasteiger partial charge in [-0.25, -0.2) is 0 Å². The second-order valence-electron chi connectivity index (χ2n) is 14.5. The number of methoxy groups -OCH3 is 1. The highest BCUT2D eigenvalue weighted by molar-refractivity contribution is 5.92. The summed E-state index contributed by atoms with van der Waals surface area (Å²) < 4.78 is 32.1. The van der Waals surface area contributed by atoms with Gasteiger partial charge in [0.1, 0.15) is 23.9 Å². The van der Waals surface area contributed by atoms with E-state index in [0.29, 0.717) is 30.4 Å². The van der Waals surface area contributed by atoms with Crippen LogP contribution in [-0.2, 0) is 41.4 Å². The number of ketones is 1. The molecule has 7 rings (SSSR count). The molecule has 4 fully saturated rings. The lowest BCUT2D eigenvalue weighted by molar-refractivity contribution is -0.424. The molecule has 0 spiro atoms. The first-order valence-electron chi connectivity index (χ1n) is 16.5. The summed E-state index contributed by atoms with van der Waals surface area (Å²) in [5.41, 5.74) is -0.961. The number of phenols is 1. The van der Waals surface area contributed by atoms with E-state index in [4.69, 9.17) is 23.7 Å². The normalized spacial score (nSPS) is 39.1. The second kappa shape index (κ2) is 10.9. The minimum Gasteiger partial charge on any atom is -0.504 e. The Hall–Kier alpha value is -3.24. The van der Waals surface area contributed by atoms with Crippen LogP contribution in [0, 0.1) is 29.6 Å². The van der Waals surface area contributed by atoms with Crippen LogP contribution in [0.15, 0.2) is 60.2 Å². The van der Waals surface area contributed by atoms with Crippen LogP contribution in [0.3, 0.4) is 0 Å². The number of aromatic hydroxyl groups is 1. The van der Waals surface area contributed by atoms with E-state index in [-0.39, 0.29) is 66.5 Å². The Kier molecular flexibility index (Phi) is 7.44. The van der Waals surface area contributed by atoms with Gasteiger partial charge in [-0.3, -0.25) is 9.59 Å². The summed E-state index contributed by atoms with van der Waals surface area (Å²) in [7, 11) is 1.45. The van der Waals surface area contributed by atoms with E-state index in [1.807, 2.05) is 37.3 Å². The van der Waals surface area contributed by atoms with Crippen LogP contribution in [0.2, 0.25) is 0 Å². The number of rotatable bonds is 8. The number of hydrogen-bond acceptors (Lipinski definition) is 9. The van der Waals surface area contributed by atoms with Crippen LogP contribution >= 0.6 is 0 Å². The number of Topliss-reactive ketones (excluding diaryl/α,β-unsaturated/α-hetero) is 1. The maximum atomic E-state index is 13.9. The third kappa shape index (κ3) is 4.57. The predicted octanol–water partition coefficient (Wildman–Crippen LogP) is 4.90. The van der Waals surface area contributed by atoms with Crippen molar-refractivity contribution in [1.29, 1.82) is 0 Å². The molecule has 2 aromatic carbocycles. The predicted molar refractivity (Wildman–Crippen MR) is 167 cm³/mol. The highest BCUT2D eigenvalue weighted by atomic mass is 16.9. The number of ether oxygens (including phenoxy) is 5. The average molecular weight is 633 g/mol. The summed E-state index contributed by atoms with van der Waals surface area (Å²) in [6.45, 7) is 8.26. The van der Waals surface area contributed by atoms with Gasteiger partial charge < -0.3 is 33.9 Å². The highest BCUT2D eigenvalue weighted by Crippen LogP contribution is 2.69. The molecule has 0 radical (unpaired) electrons. The lowest BCUT2D eigenvalue weighted by atomic mass is 9.54. The quantitative estimate of drug-likeness (QED) is 0.309. The monoisotopic (exact) mass is 632 g/mol. The molecule has 9 nitrogen and oxygen atoms in total. The van der Waals surface area contributed by atoms with Gasteiger partial charge in [0.15, 0.2) is 17.3 Å². The zero-order chi connectivity index (χ0) is 32.6. The average Bonchev–Trinajstić information content (AvgIpc) is 3.32. The van der Waals surface area contributed by atoms with Crippen LogP contribution in [0.4, 0.5) is 0 Å². The fourth-order valence-electron chi connectivity index (χ4n) is 9.39. The zero-order valence-corrected chi connectivity index (χ0v) is 27.2. The first-order valence-corrected chi connectivity index (χ1v) is 16.5. The minimum absolute atomic E-state index is 0.0151. The number of esters is 1. The molecule has 2 heterocycles. The molecule has 0 amide bonds. The SMILES string of the molecule is COc1cc(CC(=O)OCC2=C[C@H]3[C@H]4O[C@@]5(Cc6ccccc6)O[C@@]3([C@H](C)C[C@]4(C(C)C)O5)[C@@H]3CC(C)C(=O)[C@@]3(O)C2)ccc1O. The number of aliphatic hydroxyl groups is 1. The maximum Gasteiger partial charge on any atom is 0.310 e. The molecule has 2 saturated heterocycles. The summed E-state index contributed by atoms with van der Waals surface area (Å²) in [5.74, 6) is -2.92. The number of hydrogen-bond donors (Lipinski definition) is 2. The molecule has 9 heteroatoms. The largest absolute Gasteiger partial charge is 0.504 e. The topological polar surface area (TPSA) is 121 Å². The Morgan fingerprint density at radius 3 is 2.57 bits per heavy atom. The fraction of sp³-hybridized carbons (Fsp3) is 0.568. The van der Waals surface area contributed by atoms with Crippen molar-refractivity contribution < 1.29 is 43.5 Å². The van der Waals surface area contributed by atoms with Gasteiger partial charge in [-0.1, -0.05) is 70.2 Å². The summed E-state index contributed by atoms with van der Waals surface area (Å²) in [5, 5.41) is 22.4. The van der Waals surface area contributed by atoms with E-state index >= 15 is 0 Å². The van der Waals surface area contributed by atoms with E-state index < -0.39 is 34.7 Å². The van der Waals surface area contributed by atoms with Crippen molar-refractivity contribution >= 4 is 11.8 Å². The maximum absolute atomic E-state index is 13.9. The Morgan fingerprint density at radius 2 is 1.85 bits per heavy atom. The number of carbonyl (C=O) groups is 2. The summed E-state index contributed by atoms with van der Waals surface area (Å²) in [6.07, 6.45) is 3.25. The molecular formula is C37H44O9. The van der Waals surface area contributed by atoms with Crippen molar-refractivity contribution in [3.8, 4) is 11.5 Å². The lowest BCUT2D eigenvalue weighted by Gasteiger charge is -2.60. The van der Waals surface area contributed by atoms with Gasteiger partial charge in [0.25, 0.3) is 5.97 Å². The lowest BCUT2D eigenvalue weighted by Crippen LogP contribution is -2.70. The van der Waals surface area contributed by atoms with Gasteiger partial charge in [-0.15, -0.1) is 0 Å². The van der Waals surface area contributed by atoms with Crippen molar-refractivity contribution in [2.75, 3.05) is 13.7 Å². The highest BCUT2D eigenvalue weighted by Gasteiger charge is 2.79. The van der Waals surface area contributed by atoms with Crippen molar-refractivity contribution in [1.82, 2.24) is 0 Å². The van der Waals surface area contributed by atoms with Crippen LogP contribution < -0.4 is 4.74 Å². The number of fused-ring (bicyclic) bond motifs is 2. The fourth-order valence-corrected chi connectivity index (χ4v) is 9.39. The first-order chi connectivity index (χ1) is 21.9. The standard InChI is InChI=1S/C37H44O9/c1-21(2)35-17-23(4)37-27(33(35)44-36(45-35,46-37)19-24-9-7-6-8-10-24)14-26(18-34(41)30(37)13-22(3)32(34)40)20-43-31(39)16-25-11-12-28(38)29(15-25)42-5/h6-12,14-15,21-23,27,30,33,38,41H,13,16-20H2,1-5H3/t22?,23-,27+,30-,33-,34-,35-,36-,37-/m1/s1. The van der Waals surface area contributed by atoms with E-state index in [1.54, 1.807) is 12.1 Å². The third-order valence-corrected chi connectivity index (χ3v) is 11.5. The smallest absolute Gasteiger partial charge is 0.310 e. The summed E-state index contributed by atoms with van der Waals surface area (Å²) >= 11 is 0. The van der Waals surface area contributed by atoms with Crippen molar-refractivity contribution in [3.63, 3.8) is 0 Å². The summed E-state index contributed by atoms with van der Waals surface area (Å²) in [4.78, 5) is 26.9. The Labute approximate surface area is 269 Å². The van der Waals surface area contributed by atoms with Crippen molar-refractivity contribution in [2.45, 2.75) is 88.7 Å². The second-order valence-corrected chi connectivity index (χ2v) is 14.5. The molecule has 46 heavy (non-hydrogen) atoms. The molecule has 246 valence electrons. The van der Waals surface area contributed by atoms with Crippen LogP contribution in [0.1, 0.15) is 58.1 Å². The summed E-state index contributed by atoms with van der Waals surface area (Å²) in [6, 6.07) is 14.7. The van der Waals surface area contributed by atoms with Crippen LogP contribution in [-0.4, -0.2) is 64.6 Å². The molecule has 3 bridgehead atoms. The molecule has 2 N–H and O–H groups in total. The number of phenolic OH excluding ortho intramolecular Hbond substituents is 1. The molecule has 2 saturated carbocycles. The van der Waals surface area contributed by atoms with E-state index in [9.17, 15) is 19.8 Å². The minimum atomic E-state index is -1.69. The Morgan fingerprint density at radius 1 is 1.09 bits per heavy atom. The van der Waals surface area contributed by atoms with Crippen molar-refractivity contribution in [3.05, 3.63) is 71.3 Å². The molecule has 3 aliphatic carbocycles. The molecule has 0 aromatic heterocycles. The van der Waals surface area contributed by atoms with Gasteiger partial charge in [0, 0.05) is 24.2 Å². The molecule has 2 aliphatic heterocycles. The van der Waals surface area contributed by atoms with Gasteiger partial charge >= 0.3 is 5.97 Å². The first kappa shape index (κ1) is 31.4. The van der Waals surface area contributed by atoms with E-state index in [0.717, 1.165) is 5.56 Å². The number of carbonyl (C=O) groups excluding carboxylic acids is 2. The third-order valence-electron chi connectivity index (χ3n) is 11.5. The van der Waals surface area contributed by atoms with Gasteiger partial charge in [-0.2, -0.15) is 0 Å². The van der Waals surface area contributed by atoms with Gasteiger partial charge in [-0.05, 0) is 53.5 Å². The molecule has 9 atom stereocenters. The zero-order valence-electron chi connectivity index (χ0n) is 27.2.